The molecule has 2 atom stereocenters. The van der Waals surface area contributed by atoms with E-state index in [0.29, 0.717) is 36.8 Å². The zero-order chi connectivity index (χ0) is 31.4. The molecule has 0 unspecified atom stereocenters. The predicted octanol–water partition coefficient (Wildman–Crippen LogP) is 3.52. The van der Waals surface area contributed by atoms with Crippen molar-refractivity contribution in [3.8, 4) is 0 Å². The molecule has 11 heteroatoms. The molecule has 0 saturated carbocycles. The summed E-state index contributed by atoms with van der Waals surface area (Å²) in [5.41, 5.74) is 4.00. The van der Waals surface area contributed by atoms with Gasteiger partial charge in [-0.25, -0.2) is 4.79 Å². The van der Waals surface area contributed by atoms with Crippen LogP contribution in [0.4, 0.5) is 10.5 Å². The number of rotatable bonds is 7. The van der Waals surface area contributed by atoms with E-state index in [2.05, 4.69) is 10.2 Å². The maximum Gasteiger partial charge on any atom is 0.408 e. The lowest BCUT2D eigenvalue weighted by atomic mass is 9.93. The van der Waals surface area contributed by atoms with Gasteiger partial charge in [0.1, 0.15) is 12.1 Å². The van der Waals surface area contributed by atoms with Gasteiger partial charge in [-0.15, -0.1) is 0 Å². The molecule has 0 spiro atoms. The highest BCUT2D eigenvalue weighted by atomic mass is 35.5. The summed E-state index contributed by atoms with van der Waals surface area (Å²) in [5.74, 6) is -0.849. The van der Waals surface area contributed by atoms with E-state index >= 15 is 0 Å². The Hall–Kier alpha value is -4.57. The van der Waals surface area contributed by atoms with Crippen LogP contribution in [0.15, 0.2) is 72.8 Å². The fourth-order valence-electron chi connectivity index (χ4n) is 5.84. The van der Waals surface area contributed by atoms with Crippen molar-refractivity contribution in [1.82, 2.24) is 20.0 Å². The minimum absolute atomic E-state index is 0.0920. The summed E-state index contributed by atoms with van der Waals surface area (Å²) in [4.78, 5) is 59.1. The minimum Gasteiger partial charge on any atom is -0.465 e. The SMILES string of the molecule is CN(C)C(=O)c1ccccc1N1CCN(C(=O)[C@@H](Cc2ccc(Cl)cc2)NC(=O)[C@@H]2Cc3ccccc3CN2C(=O)O)CC1. The van der Waals surface area contributed by atoms with Crippen molar-refractivity contribution in [1.29, 1.82) is 0 Å². The number of para-hydroxylation sites is 1. The van der Waals surface area contributed by atoms with Gasteiger partial charge < -0.3 is 25.1 Å². The number of hydrogen-bond donors (Lipinski definition) is 2. The lowest BCUT2D eigenvalue weighted by Gasteiger charge is -2.39. The Morgan fingerprint density at radius 2 is 1.55 bits per heavy atom. The number of piperazine rings is 1. The van der Waals surface area contributed by atoms with Crippen molar-refractivity contribution < 1.29 is 24.3 Å². The molecule has 0 aromatic heterocycles. The largest absolute Gasteiger partial charge is 0.465 e. The van der Waals surface area contributed by atoms with Crippen LogP contribution in [-0.4, -0.2) is 96.0 Å². The first-order valence-electron chi connectivity index (χ1n) is 14.6. The highest BCUT2D eigenvalue weighted by Gasteiger charge is 2.37. The normalized spacial score (nSPS) is 17.0. The van der Waals surface area contributed by atoms with E-state index in [0.717, 1.165) is 27.3 Å². The molecular formula is C33H36ClN5O5. The summed E-state index contributed by atoms with van der Waals surface area (Å²) in [6, 6.07) is 20.1. The average molecular weight is 618 g/mol. The summed E-state index contributed by atoms with van der Waals surface area (Å²) in [6.45, 7) is 1.91. The maximum absolute atomic E-state index is 14.0. The quantitative estimate of drug-likeness (QED) is 0.420. The van der Waals surface area contributed by atoms with E-state index in [-0.39, 0.29) is 31.2 Å². The van der Waals surface area contributed by atoms with Crippen LogP contribution in [-0.2, 0) is 29.0 Å². The zero-order valence-electron chi connectivity index (χ0n) is 24.8. The van der Waals surface area contributed by atoms with E-state index in [1.807, 2.05) is 54.6 Å². The Morgan fingerprint density at radius 3 is 2.20 bits per heavy atom. The molecule has 3 aromatic carbocycles. The Morgan fingerprint density at radius 1 is 0.909 bits per heavy atom. The summed E-state index contributed by atoms with van der Waals surface area (Å²) in [7, 11) is 3.43. The fourth-order valence-corrected chi connectivity index (χ4v) is 5.97. The molecule has 44 heavy (non-hydrogen) atoms. The molecule has 4 amide bonds. The number of amides is 4. The van der Waals surface area contributed by atoms with Crippen molar-refractivity contribution in [2.75, 3.05) is 45.2 Å². The Labute approximate surface area is 261 Å². The topological polar surface area (TPSA) is 114 Å². The van der Waals surface area contributed by atoms with Crippen molar-refractivity contribution >= 4 is 41.1 Å². The lowest BCUT2D eigenvalue weighted by Crippen LogP contribution is -2.59. The van der Waals surface area contributed by atoms with Gasteiger partial charge in [-0.1, -0.05) is 60.1 Å². The fraction of sp³-hybridized carbons (Fsp3) is 0.333. The summed E-state index contributed by atoms with van der Waals surface area (Å²) < 4.78 is 0. The Kier molecular flexibility index (Phi) is 9.39. The third-order valence-corrected chi connectivity index (χ3v) is 8.49. The number of carbonyl (C=O) groups is 4. The van der Waals surface area contributed by atoms with Gasteiger partial charge >= 0.3 is 6.09 Å². The van der Waals surface area contributed by atoms with Gasteiger partial charge in [0.15, 0.2) is 0 Å². The van der Waals surface area contributed by atoms with Crippen LogP contribution in [0.5, 0.6) is 0 Å². The second-order valence-corrected chi connectivity index (χ2v) is 11.8. The second kappa shape index (κ2) is 13.4. The van der Waals surface area contributed by atoms with E-state index in [4.69, 9.17) is 11.6 Å². The number of nitrogens with one attached hydrogen (secondary N) is 1. The lowest BCUT2D eigenvalue weighted by molar-refractivity contribution is -0.138. The number of hydrogen-bond acceptors (Lipinski definition) is 5. The Bertz CT molecular complexity index is 1540. The van der Waals surface area contributed by atoms with Gasteiger partial charge in [-0.3, -0.25) is 19.3 Å². The maximum atomic E-state index is 14.0. The Balaban J connectivity index is 1.33. The molecule has 3 aromatic rings. The monoisotopic (exact) mass is 617 g/mol. The molecule has 2 heterocycles. The van der Waals surface area contributed by atoms with Crippen LogP contribution < -0.4 is 10.2 Å². The summed E-state index contributed by atoms with van der Waals surface area (Å²) >= 11 is 6.08. The number of carbonyl (C=O) groups excluding carboxylic acids is 3. The van der Waals surface area contributed by atoms with Gasteiger partial charge in [-0.2, -0.15) is 0 Å². The number of nitrogens with zero attached hydrogens (tertiary/aromatic N) is 4. The molecule has 0 aliphatic carbocycles. The highest BCUT2D eigenvalue weighted by molar-refractivity contribution is 6.30. The number of benzene rings is 3. The van der Waals surface area contributed by atoms with Crippen LogP contribution >= 0.6 is 11.6 Å². The number of halogens is 1. The smallest absolute Gasteiger partial charge is 0.408 e. The predicted molar refractivity (Wildman–Crippen MR) is 168 cm³/mol. The standard InChI is InChI=1S/C33H36ClN5O5/c1-36(2)31(41)26-9-5-6-10-28(26)37-15-17-38(18-16-37)32(42)27(19-22-11-13-25(34)14-12-22)35-30(40)29-20-23-7-3-4-8-24(23)21-39(29)33(43)44/h3-14,27,29H,15-21H2,1-2H3,(H,35,40)(H,43,44)/t27-,29+/m1/s1. The van der Waals surface area contributed by atoms with E-state index in [9.17, 15) is 24.3 Å². The molecule has 5 rings (SSSR count). The molecule has 1 saturated heterocycles. The molecule has 2 aliphatic heterocycles. The minimum atomic E-state index is -1.19. The van der Waals surface area contributed by atoms with Crippen LogP contribution in [0.2, 0.25) is 5.02 Å². The average Bonchev–Trinajstić information content (AvgIpc) is 3.04. The number of fused-ring (bicyclic) bond motifs is 1. The molecule has 230 valence electrons. The molecule has 0 radical (unpaired) electrons. The second-order valence-electron chi connectivity index (χ2n) is 11.3. The van der Waals surface area contributed by atoms with Crippen molar-refractivity contribution in [2.24, 2.45) is 0 Å². The first-order valence-corrected chi connectivity index (χ1v) is 15.0. The summed E-state index contributed by atoms with van der Waals surface area (Å²) in [6.07, 6.45) is -0.748. The molecule has 2 N–H and O–H groups in total. The molecule has 0 bridgehead atoms. The van der Waals surface area contributed by atoms with Gasteiger partial charge in [0.2, 0.25) is 11.8 Å². The van der Waals surface area contributed by atoms with E-state index in [1.54, 1.807) is 42.1 Å². The van der Waals surface area contributed by atoms with Crippen molar-refractivity contribution in [3.63, 3.8) is 0 Å². The van der Waals surface area contributed by atoms with Crippen LogP contribution in [0.25, 0.3) is 0 Å². The summed E-state index contributed by atoms with van der Waals surface area (Å²) in [5, 5.41) is 13.4. The first kappa shape index (κ1) is 30.9. The molecular weight excluding hydrogens is 582 g/mol. The van der Waals surface area contributed by atoms with Crippen molar-refractivity contribution in [3.05, 3.63) is 100 Å². The van der Waals surface area contributed by atoms with Crippen LogP contribution in [0.3, 0.4) is 0 Å². The number of anilines is 1. The van der Waals surface area contributed by atoms with Crippen LogP contribution in [0.1, 0.15) is 27.0 Å². The van der Waals surface area contributed by atoms with Gasteiger partial charge in [0.25, 0.3) is 5.91 Å². The molecule has 1 fully saturated rings. The van der Waals surface area contributed by atoms with E-state index in [1.165, 1.54) is 0 Å². The number of carboxylic acid groups (broad SMARTS) is 1. The van der Waals surface area contributed by atoms with E-state index < -0.39 is 24.1 Å². The highest BCUT2D eigenvalue weighted by Crippen LogP contribution is 2.25. The van der Waals surface area contributed by atoms with Gasteiger partial charge in [0, 0.05) is 63.8 Å². The first-order chi connectivity index (χ1) is 21.1. The van der Waals surface area contributed by atoms with Crippen molar-refractivity contribution in [2.45, 2.75) is 31.5 Å². The van der Waals surface area contributed by atoms with Crippen LogP contribution in [0, 0.1) is 0 Å². The molecule has 10 nitrogen and oxygen atoms in total. The zero-order valence-corrected chi connectivity index (χ0v) is 25.5. The third-order valence-electron chi connectivity index (χ3n) is 8.24. The molecule has 2 aliphatic rings. The third kappa shape index (κ3) is 6.81. The van der Waals surface area contributed by atoms with Gasteiger partial charge in [-0.05, 0) is 41.0 Å². The van der Waals surface area contributed by atoms with Gasteiger partial charge in [0.05, 0.1) is 12.1 Å².